The molecule has 1 rings (SSSR count). The number of carbonyl (C=O) groups excluding carboxylic acids is 1. The minimum Gasteiger partial charge on any atom is -0.325 e. The number of alkyl halides is 1. The van der Waals surface area contributed by atoms with Gasteiger partial charge in [-0.05, 0) is 0 Å². The lowest BCUT2D eigenvalue weighted by molar-refractivity contribution is -0.126. The maximum absolute atomic E-state index is 11.0. The summed E-state index contributed by atoms with van der Waals surface area (Å²) in [6, 6.07) is 0. The van der Waals surface area contributed by atoms with Gasteiger partial charge in [-0.2, -0.15) is 8.42 Å². The molecular weight excluding hydrogens is 250 g/mol. The molecule has 0 aliphatic carbocycles. The molecule has 7 heteroatoms. The standard InChI is InChI=1S/C5H8BrNO4S/c6-4-1-5(8)7(2-4)3-12(9,10)11/h4H,1-3H2,(H,9,10,11). The molecule has 0 spiro atoms. The van der Waals surface area contributed by atoms with Crippen LogP contribution in [0, 0.1) is 0 Å². The van der Waals surface area contributed by atoms with Crippen LogP contribution in [0.25, 0.3) is 0 Å². The normalized spacial score (nSPS) is 25.0. The fourth-order valence-corrected chi connectivity index (χ4v) is 2.32. The second-order valence-corrected chi connectivity index (χ2v) is 5.35. The van der Waals surface area contributed by atoms with Crippen molar-refractivity contribution in [1.82, 2.24) is 4.90 Å². The van der Waals surface area contributed by atoms with E-state index in [1.807, 2.05) is 0 Å². The molecule has 1 saturated heterocycles. The van der Waals surface area contributed by atoms with Crippen molar-refractivity contribution in [2.45, 2.75) is 11.2 Å². The maximum Gasteiger partial charge on any atom is 0.283 e. The van der Waals surface area contributed by atoms with E-state index in [9.17, 15) is 13.2 Å². The van der Waals surface area contributed by atoms with Gasteiger partial charge in [0.15, 0.2) is 0 Å². The molecule has 1 N–H and O–H groups in total. The summed E-state index contributed by atoms with van der Waals surface area (Å²) in [7, 11) is -4.08. The minimum absolute atomic E-state index is 0.00764. The van der Waals surface area contributed by atoms with Gasteiger partial charge in [0.1, 0.15) is 5.88 Å². The van der Waals surface area contributed by atoms with Gasteiger partial charge < -0.3 is 4.90 Å². The van der Waals surface area contributed by atoms with Gasteiger partial charge in [0.25, 0.3) is 10.1 Å². The van der Waals surface area contributed by atoms with Crippen LogP contribution in [0.3, 0.4) is 0 Å². The van der Waals surface area contributed by atoms with E-state index in [1.54, 1.807) is 0 Å². The summed E-state index contributed by atoms with van der Waals surface area (Å²) >= 11 is 3.19. The van der Waals surface area contributed by atoms with E-state index in [-0.39, 0.29) is 17.2 Å². The van der Waals surface area contributed by atoms with E-state index in [0.717, 1.165) is 4.90 Å². The predicted molar refractivity (Wildman–Crippen MR) is 45.5 cm³/mol. The summed E-state index contributed by atoms with van der Waals surface area (Å²) in [5.74, 6) is -0.858. The highest BCUT2D eigenvalue weighted by Crippen LogP contribution is 2.18. The average molecular weight is 258 g/mol. The number of rotatable bonds is 2. The van der Waals surface area contributed by atoms with Gasteiger partial charge in [-0.3, -0.25) is 9.35 Å². The minimum atomic E-state index is -4.08. The molecule has 1 unspecified atom stereocenters. The fraction of sp³-hybridized carbons (Fsp3) is 0.800. The molecule has 1 fully saturated rings. The van der Waals surface area contributed by atoms with Gasteiger partial charge in [-0.25, -0.2) is 0 Å². The molecule has 1 aliphatic heterocycles. The number of nitrogens with zero attached hydrogens (tertiary/aromatic N) is 1. The number of carbonyl (C=O) groups is 1. The Kier molecular flexibility index (Phi) is 2.74. The molecule has 0 aromatic carbocycles. The lowest BCUT2D eigenvalue weighted by Gasteiger charge is -2.12. The third-order valence-corrected chi connectivity index (χ3v) is 2.74. The highest BCUT2D eigenvalue weighted by atomic mass is 79.9. The summed E-state index contributed by atoms with van der Waals surface area (Å²) < 4.78 is 29.2. The van der Waals surface area contributed by atoms with Crippen molar-refractivity contribution in [1.29, 1.82) is 0 Å². The molecule has 0 saturated carbocycles. The molecule has 1 aliphatic rings. The largest absolute Gasteiger partial charge is 0.325 e. The highest BCUT2D eigenvalue weighted by molar-refractivity contribution is 9.09. The first-order valence-electron chi connectivity index (χ1n) is 3.25. The van der Waals surface area contributed by atoms with Crippen LogP contribution in [0.2, 0.25) is 0 Å². The lowest BCUT2D eigenvalue weighted by Crippen LogP contribution is -2.31. The Balaban J connectivity index is 2.61. The summed E-state index contributed by atoms with van der Waals surface area (Å²) in [5.41, 5.74) is 0. The zero-order chi connectivity index (χ0) is 9.35. The molecule has 70 valence electrons. The van der Waals surface area contributed by atoms with E-state index in [2.05, 4.69) is 15.9 Å². The Labute approximate surface area is 78.6 Å². The van der Waals surface area contributed by atoms with Crippen molar-refractivity contribution in [2.24, 2.45) is 0 Å². The van der Waals surface area contributed by atoms with Crippen LogP contribution in [0.15, 0.2) is 0 Å². The summed E-state index contributed by atoms with van der Waals surface area (Å²) in [6.45, 7) is 0.332. The van der Waals surface area contributed by atoms with E-state index < -0.39 is 16.0 Å². The quantitative estimate of drug-likeness (QED) is 0.551. The number of hydrogen-bond acceptors (Lipinski definition) is 3. The van der Waals surface area contributed by atoms with E-state index in [4.69, 9.17) is 4.55 Å². The number of likely N-dealkylation sites (tertiary alicyclic amines) is 1. The van der Waals surface area contributed by atoms with E-state index in [0.29, 0.717) is 6.54 Å². The maximum atomic E-state index is 11.0. The van der Waals surface area contributed by atoms with Gasteiger partial charge in [0.2, 0.25) is 5.91 Å². The Hall–Kier alpha value is -0.140. The SMILES string of the molecule is O=C1CC(Br)CN1CS(=O)(=O)O. The molecule has 1 heterocycles. The molecule has 0 aromatic heterocycles. The van der Waals surface area contributed by atoms with Crippen LogP contribution < -0.4 is 0 Å². The van der Waals surface area contributed by atoms with Crippen LogP contribution in [0.1, 0.15) is 6.42 Å². The first-order valence-corrected chi connectivity index (χ1v) is 5.78. The lowest BCUT2D eigenvalue weighted by atomic mass is 10.4. The zero-order valence-electron chi connectivity index (χ0n) is 6.10. The van der Waals surface area contributed by atoms with Crippen molar-refractivity contribution in [3.8, 4) is 0 Å². The molecule has 1 atom stereocenters. The molecule has 5 nitrogen and oxygen atoms in total. The summed E-state index contributed by atoms with van der Waals surface area (Å²) in [5, 5.41) is 0. The summed E-state index contributed by atoms with van der Waals surface area (Å²) in [4.78, 5) is 12.1. The second-order valence-electron chi connectivity index (χ2n) is 2.63. The van der Waals surface area contributed by atoms with Crippen molar-refractivity contribution in [3.63, 3.8) is 0 Å². The Bertz CT molecular complexity index is 288. The molecule has 12 heavy (non-hydrogen) atoms. The number of halogens is 1. The Morgan fingerprint density at radius 1 is 1.67 bits per heavy atom. The van der Waals surface area contributed by atoms with Gasteiger partial charge in [0.05, 0.1) is 0 Å². The first kappa shape index (κ1) is 9.94. The smallest absolute Gasteiger partial charge is 0.283 e. The molecule has 1 amide bonds. The van der Waals surface area contributed by atoms with Gasteiger partial charge in [-0.1, -0.05) is 15.9 Å². The highest BCUT2D eigenvalue weighted by Gasteiger charge is 2.30. The third-order valence-electron chi connectivity index (χ3n) is 1.49. The van der Waals surface area contributed by atoms with Crippen LogP contribution >= 0.6 is 15.9 Å². The van der Waals surface area contributed by atoms with Crippen molar-refractivity contribution >= 4 is 32.0 Å². The Morgan fingerprint density at radius 3 is 2.58 bits per heavy atom. The molecule has 0 aromatic rings. The monoisotopic (exact) mass is 257 g/mol. The second kappa shape index (κ2) is 3.31. The van der Waals surface area contributed by atoms with Crippen molar-refractivity contribution in [2.75, 3.05) is 12.4 Å². The Morgan fingerprint density at radius 2 is 2.25 bits per heavy atom. The van der Waals surface area contributed by atoms with E-state index >= 15 is 0 Å². The van der Waals surface area contributed by atoms with Gasteiger partial charge in [-0.15, -0.1) is 0 Å². The van der Waals surface area contributed by atoms with Gasteiger partial charge >= 0.3 is 0 Å². The van der Waals surface area contributed by atoms with Crippen molar-refractivity contribution in [3.05, 3.63) is 0 Å². The van der Waals surface area contributed by atoms with Gasteiger partial charge in [0, 0.05) is 17.8 Å². The molecular formula is C5H8BrNO4S. The van der Waals surface area contributed by atoms with Crippen LogP contribution in [-0.2, 0) is 14.9 Å². The molecule has 0 bridgehead atoms. The molecule has 0 radical (unpaired) electrons. The third kappa shape index (κ3) is 2.72. The summed E-state index contributed by atoms with van der Waals surface area (Å²) in [6.07, 6.45) is 0.287. The zero-order valence-corrected chi connectivity index (χ0v) is 8.51. The topological polar surface area (TPSA) is 74.7 Å². The number of hydrogen-bond donors (Lipinski definition) is 1. The fourth-order valence-electron chi connectivity index (χ4n) is 1.05. The van der Waals surface area contributed by atoms with Crippen molar-refractivity contribution < 1.29 is 17.8 Å². The average Bonchev–Trinajstić information content (AvgIpc) is 2.06. The van der Waals surface area contributed by atoms with Crippen LogP contribution in [0.5, 0.6) is 0 Å². The van der Waals surface area contributed by atoms with Crippen LogP contribution in [0.4, 0.5) is 0 Å². The predicted octanol–water partition coefficient (Wildman–Crippen LogP) is -0.172. The first-order chi connectivity index (χ1) is 5.38. The number of amides is 1. The van der Waals surface area contributed by atoms with Crippen LogP contribution in [-0.4, -0.2) is 41.0 Å². The van der Waals surface area contributed by atoms with E-state index in [1.165, 1.54) is 0 Å².